The monoisotopic (exact) mass is 467 g/mol. The van der Waals surface area contributed by atoms with Gasteiger partial charge in [0, 0.05) is 6.07 Å². The molecule has 128 valence electrons. The van der Waals surface area contributed by atoms with E-state index in [1.165, 1.54) is 18.2 Å². The number of phenols is 1. The molecule has 0 aliphatic carbocycles. The number of carbonyl (C=O) groups excluding carboxylic acids is 1. The molecule has 0 saturated carbocycles. The van der Waals surface area contributed by atoms with E-state index in [2.05, 4.69) is 0 Å². The number of benzene rings is 2. The topological polar surface area (TPSA) is 113 Å². The third kappa shape index (κ3) is 4.79. The van der Waals surface area contributed by atoms with Crippen molar-refractivity contribution >= 4 is 38.7 Å². The SMILES string of the molecule is O=C(COc1ccc(S(=O)(=O)[O-])cc1)Oc1c(F)cc(O)cc1I. The van der Waals surface area contributed by atoms with Crippen molar-refractivity contribution in [3.8, 4) is 17.2 Å². The molecule has 0 bridgehead atoms. The zero-order valence-corrected chi connectivity index (χ0v) is 14.7. The van der Waals surface area contributed by atoms with E-state index >= 15 is 0 Å². The molecule has 0 heterocycles. The van der Waals surface area contributed by atoms with E-state index < -0.39 is 33.4 Å². The van der Waals surface area contributed by atoms with Crippen molar-refractivity contribution in [2.45, 2.75) is 4.90 Å². The number of hydrogen-bond acceptors (Lipinski definition) is 7. The van der Waals surface area contributed by atoms with Gasteiger partial charge in [-0.3, -0.25) is 0 Å². The smallest absolute Gasteiger partial charge is 0.349 e. The van der Waals surface area contributed by atoms with Crippen LogP contribution in [0.2, 0.25) is 0 Å². The number of esters is 1. The molecular weight excluding hydrogens is 458 g/mol. The summed E-state index contributed by atoms with van der Waals surface area (Å²) >= 11 is 1.69. The Morgan fingerprint density at radius 2 is 1.88 bits per heavy atom. The Bertz CT molecular complexity index is 842. The molecule has 0 spiro atoms. The Hall–Kier alpha value is -1.92. The summed E-state index contributed by atoms with van der Waals surface area (Å²) in [6, 6.07) is 6.48. The van der Waals surface area contributed by atoms with Gasteiger partial charge in [-0.1, -0.05) is 0 Å². The minimum atomic E-state index is -4.56. The van der Waals surface area contributed by atoms with Crippen LogP contribution in [0.1, 0.15) is 0 Å². The van der Waals surface area contributed by atoms with Crippen molar-refractivity contribution in [1.29, 1.82) is 0 Å². The maximum atomic E-state index is 13.6. The fraction of sp³-hybridized carbons (Fsp3) is 0.0714. The number of hydrogen-bond donors (Lipinski definition) is 1. The summed E-state index contributed by atoms with van der Waals surface area (Å²) in [7, 11) is -4.56. The highest BCUT2D eigenvalue weighted by Gasteiger charge is 2.15. The van der Waals surface area contributed by atoms with Gasteiger partial charge in [0.05, 0.1) is 8.47 Å². The minimum Gasteiger partial charge on any atom is -0.744 e. The van der Waals surface area contributed by atoms with Gasteiger partial charge >= 0.3 is 5.97 Å². The lowest BCUT2D eigenvalue weighted by Crippen LogP contribution is -2.18. The summed E-state index contributed by atoms with van der Waals surface area (Å²) in [5.41, 5.74) is 0. The van der Waals surface area contributed by atoms with Gasteiger partial charge in [0.25, 0.3) is 0 Å². The molecule has 0 aromatic heterocycles. The van der Waals surface area contributed by atoms with Gasteiger partial charge in [-0.2, -0.15) is 0 Å². The van der Waals surface area contributed by atoms with Crippen LogP contribution in [0, 0.1) is 9.39 Å². The first-order chi connectivity index (χ1) is 11.2. The van der Waals surface area contributed by atoms with E-state index in [1.54, 1.807) is 22.6 Å². The molecule has 0 aliphatic rings. The van der Waals surface area contributed by atoms with Crippen LogP contribution < -0.4 is 9.47 Å². The first-order valence-electron chi connectivity index (χ1n) is 6.24. The zero-order valence-electron chi connectivity index (χ0n) is 11.7. The Morgan fingerprint density at radius 1 is 1.25 bits per heavy atom. The summed E-state index contributed by atoms with van der Waals surface area (Å²) in [5, 5.41) is 9.21. The second-order valence-corrected chi connectivity index (χ2v) is 6.97. The predicted molar refractivity (Wildman–Crippen MR) is 86.3 cm³/mol. The summed E-state index contributed by atoms with van der Waals surface area (Å²) in [5.74, 6) is -2.33. The molecule has 0 fully saturated rings. The van der Waals surface area contributed by atoms with Gasteiger partial charge < -0.3 is 19.1 Å². The first-order valence-corrected chi connectivity index (χ1v) is 8.73. The van der Waals surface area contributed by atoms with Gasteiger partial charge in [-0.05, 0) is 52.9 Å². The molecule has 0 unspecified atom stereocenters. The summed E-state index contributed by atoms with van der Waals surface area (Å²) in [4.78, 5) is 11.2. The molecule has 24 heavy (non-hydrogen) atoms. The molecule has 2 aromatic rings. The van der Waals surface area contributed by atoms with Crippen LogP contribution in [-0.4, -0.2) is 30.7 Å². The number of halogens is 2. The van der Waals surface area contributed by atoms with Gasteiger partial charge in [0.2, 0.25) is 0 Å². The maximum absolute atomic E-state index is 13.6. The van der Waals surface area contributed by atoms with Gasteiger partial charge in [-0.15, -0.1) is 0 Å². The third-order valence-corrected chi connectivity index (χ3v) is 4.32. The van der Waals surface area contributed by atoms with E-state index in [4.69, 9.17) is 9.47 Å². The van der Waals surface area contributed by atoms with Gasteiger partial charge in [0.1, 0.15) is 21.6 Å². The maximum Gasteiger partial charge on any atom is 0.349 e. The average molecular weight is 467 g/mol. The summed E-state index contributed by atoms with van der Waals surface area (Å²) in [6.45, 7) is -0.570. The van der Waals surface area contributed by atoms with Crippen LogP contribution in [-0.2, 0) is 14.9 Å². The van der Waals surface area contributed by atoms with E-state index in [9.17, 15) is 27.3 Å². The van der Waals surface area contributed by atoms with E-state index in [1.807, 2.05) is 0 Å². The Labute approximate surface area is 149 Å². The van der Waals surface area contributed by atoms with Crippen molar-refractivity contribution in [3.63, 3.8) is 0 Å². The highest BCUT2D eigenvalue weighted by Crippen LogP contribution is 2.29. The van der Waals surface area contributed by atoms with Crippen molar-refractivity contribution in [2.24, 2.45) is 0 Å². The van der Waals surface area contributed by atoms with Crippen molar-refractivity contribution in [2.75, 3.05) is 6.61 Å². The molecule has 0 atom stereocenters. The number of aromatic hydroxyl groups is 1. The molecule has 0 amide bonds. The lowest BCUT2D eigenvalue weighted by molar-refractivity contribution is -0.136. The summed E-state index contributed by atoms with van der Waals surface area (Å²) < 4.78 is 56.0. The number of rotatable bonds is 5. The molecule has 2 rings (SSSR count). The van der Waals surface area contributed by atoms with Gasteiger partial charge in [-0.25, -0.2) is 17.6 Å². The highest BCUT2D eigenvalue weighted by molar-refractivity contribution is 14.1. The van der Waals surface area contributed by atoms with Crippen LogP contribution in [0.5, 0.6) is 17.2 Å². The molecule has 0 saturated heterocycles. The quantitative estimate of drug-likeness (QED) is 0.310. The van der Waals surface area contributed by atoms with Crippen molar-refractivity contribution < 1.29 is 36.7 Å². The largest absolute Gasteiger partial charge is 0.744 e. The molecule has 10 heteroatoms. The molecule has 7 nitrogen and oxygen atoms in total. The van der Waals surface area contributed by atoms with Gasteiger partial charge in [0.15, 0.2) is 18.2 Å². The fourth-order valence-corrected chi connectivity index (χ4v) is 2.79. The molecule has 0 radical (unpaired) electrons. The molecular formula is C14H9FIO7S-. The van der Waals surface area contributed by atoms with Crippen molar-refractivity contribution in [1.82, 2.24) is 0 Å². The lowest BCUT2D eigenvalue weighted by Gasteiger charge is -2.10. The number of phenolic OH excluding ortho intramolecular Hbond substituents is 1. The van der Waals surface area contributed by atoms with Crippen LogP contribution in [0.15, 0.2) is 41.3 Å². The van der Waals surface area contributed by atoms with Crippen molar-refractivity contribution in [3.05, 3.63) is 45.8 Å². The van der Waals surface area contributed by atoms with E-state index in [0.717, 1.165) is 18.2 Å². The minimum absolute atomic E-state index is 0.125. The predicted octanol–water partition coefficient (Wildman–Crippen LogP) is 2.02. The van der Waals surface area contributed by atoms with Crippen LogP contribution in [0.25, 0.3) is 0 Å². The number of ether oxygens (including phenoxy) is 2. The molecule has 1 N–H and O–H groups in total. The van der Waals surface area contributed by atoms with Crippen LogP contribution >= 0.6 is 22.6 Å². The van der Waals surface area contributed by atoms with Crippen LogP contribution in [0.4, 0.5) is 4.39 Å². The Kier molecular flexibility index (Phi) is 5.62. The first kappa shape index (κ1) is 18.4. The Balaban J connectivity index is 1.99. The zero-order chi connectivity index (χ0) is 17.9. The second-order valence-electron chi connectivity index (χ2n) is 4.43. The average Bonchev–Trinajstić information content (AvgIpc) is 2.48. The lowest BCUT2D eigenvalue weighted by atomic mass is 10.3. The standard InChI is InChI=1S/C14H10FIO7S/c15-11-5-8(17)6-12(16)14(11)23-13(18)7-22-9-1-3-10(4-2-9)24(19,20)21/h1-6,17H,7H2,(H,19,20,21)/p-1. The third-order valence-electron chi connectivity index (χ3n) is 2.67. The fourth-order valence-electron chi connectivity index (χ4n) is 1.63. The molecule has 2 aromatic carbocycles. The normalized spacial score (nSPS) is 11.1. The van der Waals surface area contributed by atoms with E-state index in [-0.39, 0.29) is 20.8 Å². The highest BCUT2D eigenvalue weighted by atomic mass is 127. The summed E-state index contributed by atoms with van der Waals surface area (Å²) in [6.07, 6.45) is 0. The molecule has 0 aliphatic heterocycles. The van der Waals surface area contributed by atoms with Crippen LogP contribution in [0.3, 0.4) is 0 Å². The second kappa shape index (κ2) is 7.32. The Morgan fingerprint density at radius 3 is 2.42 bits per heavy atom. The number of carbonyl (C=O) groups is 1. The van der Waals surface area contributed by atoms with E-state index in [0.29, 0.717) is 0 Å².